The number of rotatable bonds is 10. The van der Waals surface area contributed by atoms with Crippen molar-refractivity contribution in [3.8, 4) is 0 Å². The molecule has 0 spiro atoms. The van der Waals surface area contributed by atoms with E-state index in [2.05, 4.69) is 89.3 Å². The number of carbonyl (C=O) groups is 2. The predicted octanol–water partition coefficient (Wildman–Crippen LogP) is 6.91. The number of benzene rings is 2. The number of hydrogen-bond acceptors (Lipinski definition) is 2. The summed E-state index contributed by atoms with van der Waals surface area (Å²) in [6.07, 6.45) is 0. The molecule has 36 heavy (non-hydrogen) atoms. The van der Waals surface area contributed by atoms with E-state index in [1.54, 1.807) is 0 Å². The zero-order valence-corrected chi connectivity index (χ0v) is 28.1. The number of aryl methyl sites for hydroxylation is 2. The third-order valence-corrected chi connectivity index (χ3v) is 15.3. The summed E-state index contributed by atoms with van der Waals surface area (Å²) in [7, 11) is 5.62. The topological polar surface area (TPSA) is 58.2 Å². The summed E-state index contributed by atoms with van der Waals surface area (Å²) >= 11 is -2.91. The molecular formula is C28H42ClIrN2O2P2. The van der Waals surface area contributed by atoms with Crippen LogP contribution in [0.5, 0.6) is 0 Å². The Morgan fingerprint density at radius 2 is 0.972 bits per heavy atom. The summed E-state index contributed by atoms with van der Waals surface area (Å²) in [6, 6.07) is 12.0. The van der Waals surface area contributed by atoms with Gasteiger partial charge in [-0.3, -0.25) is 0 Å². The summed E-state index contributed by atoms with van der Waals surface area (Å²) in [5.74, 6) is -0.389. The zero-order chi connectivity index (χ0) is 27.3. The van der Waals surface area contributed by atoms with E-state index in [-0.39, 0.29) is 11.8 Å². The molecule has 0 atom stereocenters. The molecule has 0 aliphatic carbocycles. The number of carbonyl (C=O) groups excluding carboxylic acids is 2. The van der Waals surface area contributed by atoms with Crippen molar-refractivity contribution >= 4 is 47.9 Å². The first-order chi connectivity index (χ1) is 16.7. The van der Waals surface area contributed by atoms with Gasteiger partial charge in [-0.25, -0.2) is 0 Å². The molecule has 0 aromatic heterocycles. The van der Waals surface area contributed by atoms with Crippen LogP contribution in [0.1, 0.15) is 87.2 Å². The fraction of sp³-hybridized carbons (Fsp3) is 0.500. The van der Waals surface area contributed by atoms with E-state index >= 15 is 0 Å². The van der Waals surface area contributed by atoms with E-state index < -0.39 is 31.8 Å². The van der Waals surface area contributed by atoms with Gasteiger partial charge in [0.15, 0.2) is 0 Å². The number of halogens is 1. The summed E-state index contributed by atoms with van der Waals surface area (Å²) in [5, 5.41) is 2.23. The summed E-state index contributed by atoms with van der Waals surface area (Å²) in [4.78, 5) is 26.7. The molecule has 4 nitrogen and oxygen atoms in total. The van der Waals surface area contributed by atoms with Crippen LogP contribution in [0.4, 0.5) is 0 Å². The summed E-state index contributed by atoms with van der Waals surface area (Å²) in [5.41, 5.74) is 5.45. The Morgan fingerprint density at radius 3 is 1.25 bits per heavy atom. The molecule has 0 saturated heterocycles. The van der Waals surface area contributed by atoms with E-state index in [0.717, 1.165) is 21.7 Å². The molecular weight excluding hydrogens is 686 g/mol. The molecule has 0 saturated carbocycles. The second-order valence-corrected chi connectivity index (χ2v) is 21.8. The van der Waals surface area contributed by atoms with Crippen LogP contribution in [0.15, 0.2) is 36.4 Å². The first-order valence-electron chi connectivity index (χ1n) is 12.4. The van der Waals surface area contributed by atoms with Crippen LogP contribution in [0.25, 0.3) is 0 Å². The van der Waals surface area contributed by atoms with Crippen molar-refractivity contribution in [2.45, 2.75) is 91.9 Å². The molecule has 2 aromatic carbocycles. The Kier molecular flexibility index (Phi) is 12.1. The first-order valence-corrected chi connectivity index (χ1v) is 20.8. The molecule has 0 aliphatic rings. The van der Waals surface area contributed by atoms with Crippen molar-refractivity contribution in [2.75, 3.05) is 0 Å². The SMILES string of the molecule is Cc1ccc(C(=O)[NH][Ir]([Cl])[NH]C(=O)c2ccc(C)cc2P(C(C)C)C(C)C)c(P(C(C)C)C(C)C)c1. The van der Waals surface area contributed by atoms with Crippen molar-refractivity contribution in [3.05, 3.63) is 58.7 Å². The van der Waals surface area contributed by atoms with Gasteiger partial charge in [-0.05, 0) is 0 Å². The van der Waals surface area contributed by atoms with Gasteiger partial charge < -0.3 is 0 Å². The van der Waals surface area contributed by atoms with Gasteiger partial charge in [-0.15, -0.1) is 0 Å². The van der Waals surface area contributed by atoms with E-state index in [9.17, 15) is 9.59 Å². The van der Waals surface area contributed by atoms with Crippen molar-refractivity contribution in [3.63, 3.8) is 0 Å². The number of hydrogen-bond donors (Lipinski definition) is 2. The molecule has 2 N–H and O–H groups in total. The van der Waals surface area contributed by atoms with Gasteiger partial charge in [0.05, 0.1) is 0 Å². The minimum absolute atomic E-state index is 0.195. The molecule has 2 amide bonds. The van der Waals surface area contributed by atoms with Crippen LogP contribution in [0.2, 0.25) is 0 Å². The molecule has 0 radical (unpaired) electrons. The van der Waals surface area contributed by atoms with E-state index in [4.69, 9.17) is 9.58 Å². The quantitative estimate of drug-likeness (QED) is 0.262. The van der Waals surface area contributed by atoms with Crippen LogP contribution < -0.4 is 18.6 Å². The molecule has 2 rings (SSSR count). The molecule has 0 bridgehead atoms. The molecule has 0 unspecified atom stereocenters. The summed E-state index contributed by atoms with van der Waals surface area (Å²) in [6.45, 7) is 21.9. The van der Waals surface area contributed by atoms with Gasteiger partial charge in [0.1, 0.15) is 0 Å². The van der Waals surface area contributed by atoms with Crippen molar-refractivity contribution < 1.29 is 25.6 Å². The Balaban J connectivity index is 2.29. The van der Waals surface area contributed by atoms with Crippen LogP contribution in [-0.2, 0) is 16.0 Å². The normalized spacial score (nSPS) is 12.3. The molecule has 202 valence electrons. The second-order valence-electron chi connectivity index (χ2n) is 10.3. The summed E-state index contributed by atoms with van der Waals surface area (Å²) < 4.78 is 5.94. The molecule has 0 fully saturated rings. The van der Waals surface area contributed by atoms with Gasteiger partial charge >= 0.3 is 232 Å². The number of amides is 2. The standard InChI is InChI=1S/2C14H22NOP.ClH.Ir/c2*1-9(2)17(10(3)4)13-8-11(5)6-7-12(13)14(15)16;;/h2*6-10H,1-5H3,(H2,15,16);1H;/q;;;+3/p-3. The molecule has 2 aromatic rings. The van der Waals surface area contributed by atoms with E-state index in [0.29, 0.717) is 33.8 Å². The predicted molar refractivity (Wildman–Crippen MR) is 157 cm³/mol. The fourth-order valence-electron chi connectivity index (χ4n) is 4.64. The van der Waals surface area contributed by atoms with Gasteiger partial charge in [0, 0.05) is 0 Å². The molecule has 0 heterocycles. The van der Waals surface area contributed by atoms with Crippen molar-refractivity contribution in [1.82, 2.24) is 7.97 Å². The van der Waals surface area contributed by atoms with Crippen LogP contribution in [0, 0.1) is 13.8 Å². The Hall–Kier alpha value is -0.821. The molecule has 8 heteroatoms. The Labute approximate surface area is 231 Å². The van der Waals surface area contributed by atoms with Gasteiger partial charge in [0.25, 0.3) is 0 Å². The Bertz CT molecular complexity index is 976. The van der Waals surface area contributed by atoms with Crippen LogP contribution in [0.3, 0.4) is 0 Å². The monoisotopic (exact) mass is 728 g/mol. The van der Waals surface area contributed by atoms with Gasteiger partial charge in [0.2, 0.25) is 0 Å². The minimum atomic E-state index is -2.91. The molecule has 0 aliphatic heterocycles. The fourth-order valence-corrected chi connectivity index (χ4v) is 13.6. The zero-order valence-electron chi connectivity index (χ0n) is 23.2. The Morgan fingerprint density at radius 1 is 0.667 bits per heavy atom. The van der Waals surface area contributed by atoms with Crippen molar-refractivity contribution in [1.29, 1.82) is 0 Å². The van der Waals surface area contributed by atoms with Gasteiger partial charge in [-0.1, -0.05) is 0 Å². The third-order valence-electron chi connectivity index (χ3n) is 5.88. The third kappa shape index (κ3) is 8.09. The van der Waals surface area contributed by atoms with Crippen LogP contribution in [-0.4, -0.2) is 34.5 Å². The maximum atomic E-state index is 13.4. The second kappa shape index (κ2) is 13.8. The van der Waals surface area contributed by atoms with E-state index in [1.165, 1.54) is 0 Å². The first kappa shape index (κ1) is 31.4. The van der Waals surface area contributed by atoms with Crippen LogP contribution >= 0.6 is 25.4 Å². The maximum absolute atomic E-state index is 13.4. The average molecular weight is 728 g/mol. The van der Waals surface area contributed by atoms with Crippen molar-refractivity contribution in [2.24, 2.45) is 0 Å². The van der Waals surface area contributed by atoms with Gasteiger partial charge in [-0.2, -0.15) is 0 Å². The van der Waals surface area contributed by atoms with E-state index in [1.807, 2.05) is 24.3 Å². The average Bonchev–Trinajstić information content (AvgIpc) is 2.72. The number of nitrogens with one attached hydrogen (secondary N) is 2.